The first-order chi connectivity index (χ1) is 11.1. The summed E-state index contributed by atoms with van der Waals surface area (Å²) in [6.45, 7) is 5.76. The fourth-order valence-electron chi connectivity index (χ4n) is 2.89. The Labute approximate surface area is 136 Å². The third-order valence-corrected chi connectivity index (χ3v) is 4.17. The summed E-state index contributed by atoms with van der Waals surface area (Å²) >= 11 is 0. The molecule has 1 aromatic carbocycles. The maximum Gasteiger partial charge on any atom is 0.272 e. The number of carbonyl (C=O) groups excluding carboxylic acids is 1. The Balaban J connectivity index is 1.78. The summed E-state index contributed by atoms with van der Waals surface area (Å²) in [6.07, 6.45) is 4.80. The van der Waals surface area contributed by atoms with Crippen LogP contribution in [-0.2, 0) is 0 Å². The topological polar surface area (TPSA) is 58.1 Å². The van der Waals surface area contributed by atoms with Gasteiger partial charge in [-0.3, -0.25) is 4.79 Å². The van der Waals surface area contributed by atoms with Crippen LogP contribution in [0.3, 0.4) is 0 Å². The van der Waals surface area contributed by atoms with Crippen molar-refractivity contribution in [1.29, 1.82) is 0 Å². The number of benzene rings is 1. The number of aryl methyl sites for hydroxylation is 2. The van der Waals surface area contributed by atoms with Gasteiger partial charge in [0.2, 0.25) is 0 Å². The number of carbonyl (C=O) groups is 1. The standard InChI is InChI=1S/C18H22N4O/c1-13-6-7-15(14(2)10-13)21-17-11-16(19-12-20-17)18(23)22-8-4-3-5-9-22/h6-7,10-12H,3-5,8-9H2,1-2H3,(H,19,20,21). The van der Waals surface area contributed by atoms with Crippen molar-refractivity contribution in [2.24, 2.45) is 0 Å². The zero-order valence-electron chi connectivity index (χ0n) is 13.7. The van der Waals surface area contributed by atoms with Crippen LogP contribution >= 0.6 is 0 Å². The zero-order chi connectivity index (χ0) is 16.2. The van der Waals surface area contributed by atoms with E-state index in [0.29, 0.717) is 11.5 Å². The molecule has 1 aromatic heterocycles. The first kappa shape index (κ1) is 15.5. The maximum absolute atomic E-state index is 12.5. The molecule has 0 spiro atoms. The molecule has 2 aromatic rings. The molecule has 0 aliphatic carbocycles. The van der Waals surface area contributed by atoms with Crippen molar-refractivity contribution in [3.63, 3.8) is 0 Å². The monoisotopic (exact) mass is 310 g/mol. The van der Waals surface area contributed by atoms with E-state index in [-0.39, 0.29) is 5.91 Å². The Bertz CT molecular complexity index is 708. The molecule has 0 saturated carbocycles. The number of aromatic nitrogens is 2. The Morgan fingerprint density at radius 3 is 2.61 bits per heavy atom. The predicted molar refractivity (Wildman–Crippen MR) is 91.0 cm³/mol. The number of likely N-dealkylation sites (tertiary alicyclic amines) is 1. The van der Waals surface area contributed by atoms with E-state index in [1.807, 2.05) is 11.0 Å². The molecule has 1 aliphatic rings. The van der Waals surface area contributed by atoms with Crippen LogP contribution in [0.5, 0.6) is 0 Å². The number of hydrogen-bond donors (Lipinski definition) is 1. The summed E-state index contributed by atoms with van der Waals surface area (Å²) < 4.78 is 0. The van der Waals surface area contributed by atoms with Crippen LogP contribution in [0.25, 0.3) is 0 Å². The number of hydrogen-bond acceptors (Lipinski definition) is 4. The molecule has 1 amide bonds. The van der Waals surface area contributed by atoms with Crippen molar-refractivity contribution in [1.82, 2.24) is 14.9 Å². The molecule has 3 rings (SSSR count). The Hall–Kier alpha value is -2.43. The number of nitrogens with zero attached hydrogens (tertiary/aromatic N) is 3. The van der Waals surface area contributed by atoms with Gasteiger partial charge >= 0.3 is 0 Å². The van der Waals surface area contributed by atoms with Gasteiger partial charge < -0.3 is 10.2 Å². The number of piperidine rings is 1. The lowest BCUT2D eigenvalue weighted by atomic mass is 10.1. The second-order valence-corrected chi connectivity index (χ2v) is 6.08. The quantitative estimate of drug-likeness (QED) is 0.943. The molecule has 5 heteroatoms. The van der Waals surface area contributed by atoms with Gasteiger partial charge in [-0.1, -0.05) is 17.7 Å². The van der Waals surface area contributed by atoms with Crippen molar-refractivity contribution in [3.8, 4) is 0 Å². The van der Waals surface area contributed by atoms with Gasteiger partial charge in [-0.05, 0) is 44.7 Å². The van der Waals surface area contributed by atoms with Crippen LogP contribution in [0.2, 0.25) is 0 Å². The lowest BCUT2D eigenvalue weighted by Crippen LogP contribution is -2.36. The molecule has 23 heavy (non-hydrogen) atoms. The minimum absolute atomic E-state index is 0.00391. The molecule has 1 fully saturated rings. The average molecular weight is 310 g/mol. The molecule has 5 nitrogen and oxygen atoms in total. The van der Waals surface area contributed by atoms with Crippen LogP contribution in [-0.4, -0.2) is 33.9 Å². The number of amides is 1. The highest BCUT2D eigenvalue weighted by Crippen LogP contribution is 2.21. The van der Waals surface area contributed by atoms with Gasteiger partial charge in [0.25, 0.3) is 5.91 Å². The summed E-state index contributed by atoms with van der Waals surface area (Å²) in [5, 5.41) is 3.28. The molecule has 1 aliphatic heterocycles. The number of nitrogens with one attached hydrogen (secondary N) is 1. The highest BCUT2D eigenvalue weighted by atomic mass is 16.2. The molecular weight excluding hydrogens is 288 g/mol. The fraction of sp³-hybridized carbons (Fsp3) is 0.389. The summed E-state index contributed by atoms with van der Waals surface area (Å²) in [7, 11) is 0. The van der Waals surface area contributed by atoms with Gasteiger partial charge in [0, 0.05) is 24.8 Å². The molecule has 2 heterocycles. The summed E-state index contributed by atoms with van der Waals surface area (Å²) in [4.78, 5) is 22.8. The largest absolute Gasteiger partial charge is 0.340 e. The van der Waals surface area contributed by atoms with Gasteiger partial charge in [0.1, 0.15) is 17.8 Å². The number of rotatable bonds is 3. The molecule has 1 N–H and O–H groups in total. The third-order valence-electron chi connectivity index (χ3n) is 4.17. The molecule has 120 valence electrons. The zero-order valence-corrected chi connectivity index (χ0v) is 13.7. The van der Waals surface area contributed by atoms with Gasteiger partial charge in [-0.25, -0.2) is 9.97 Å². The minimum atomic E-state index is -0.00391. The van der Waals surface area contributed by atoms with Gasteiger partial charge in [-0.15, -0.1) is 0 Å². The molecule has 0 bridgehead atoms. The highest BCUT2D eigenvalue weighted by molar-refractivity contribution is 5.93. The summed E-state index contributed by atoms with van der Waals surface area (Å²) in [5.74, 6) is 0.642. The number of anilines is 2. The maximum atomic E-state index is 12.5. The van der Waals surface area contributed by atoms with E-state index in [4.69, 9.17) is 0 Å². The van der Waals surface area contributed by atoms with E-state index in [0.717, 1.165) is 37.2 Å². The van der Waals surface area contributed by atoms with Crippen molar-refractivity contribution in [2.75, 3.05) is 18.4 Å². The van der Waals surface area contributed by atoms with Crippen LogP contribution in [0, 0.1) is 13.8 Å². The van der Waals surface area contributed by atoms with Crippen molar-refractivity contribution in [3.05, 3.63) is 47.4 Å². The minimum Gasteiger partial charge on any atom is -0.340 e. The van der Waals surface area contributed by atoms with Crippen LogP contribution in [0.4, 0.5) is 11.5 Å². The Kier molecular flexibility index (Phi) is 4.55. The third kappa shape index (κ3) is 3.67. The first-order valence-electron chi connectivity index (χ1n) is 8.09. The summed E-state index contributed by atoms with van der Waals surface area (Å²) in [6, 6.07) is 7.93. The van der Waals surface area contributed by atoms with E-state index in [9.17, 15) is 4.79 Å². The predicted octanol–water partition coefficient (Wildman–Crippen LogP) is 3.46. The highest BCUT2D eigenvalue weighted by Gasteiger charge is 2.19. The average Bonchev–Trinajstić information content (AvgIpc) is 2.58. The van der Waals surface area contributed by atoms with Crippen LogP contribution in [0.15, 0.2) is 30.6 Å². The smallest absolute Gasteiger partial charge is 0.272 e. The Morgan fingerprint density at radius 2 is 1.87 bits per heavy atom. The fourth-order valence-corrected chi connectivity index (χ4v) is 2.89. The van der Waals surface area contributed by atoms with E-state index in [2.05, 4.69) is 41.3 Å². The normalized spacial score (nSPS) is 14.6. The van der Waals surface area contributed by atoms with E-state index in [1.54, 1.807) is 6.07 Å². The Morgan fingerprint density at radius 1 is 1.09 bits per heavy atom. The SMILES string of the molecule is Cc1ccc(Nc2cc(C(=O)N3CCCCC3)ncn2)c(C)c1. The van der Waals surface area contributed by atoms with Gasteiger partial charge in [-0.2, -0.15) is 0 Å². The first-order valence-corrected chi connectivity index (χ1v) is 8.09. The molecule has 0 unspecified atom stereocenters. The molecule has 0 radical (unpaired) electrons. The van der Waals surface area contributed by atoms with Crippen molar-refractivity contribution < 1.29 is 4.79 Å². The van der Waals surface area contributed by atoms with Crippen molar-refractivity contribution >= 4 is 17.4 Å². The second kappa shape index (κ2) is 6.77. The van der Waals surface area contributed by atoms with Gasteiger partial charge in [0.15, 0.2) is 0 Å². The van der Waals surface area contributed by atoms with Gasteiger partial charge in [0.05, 0.1) is 0 Å². The van der Waals surface area contributed by atoms with Crippen LogP contribution < -0.4 is 5.32 Å². The summed E-state index contributed by atoms with van der Waals surface area (Å²) in [5.41, 5.74) is 3.81. The van der Waals surface area contributed by atoms with Crippen molar-refractivity contribution in [2.45, 2.75) is 33.1 Å². The molecular formula is C18H22N4O. The van der Waals surface area contributed by atoms with Crippen LogP contribution in [0.1, 0.15) is 40.9 Å². The lowest BCUT2D eigenvalue weighted by molar-refractivity contribution is 0.0718. The second-order valence-electron chi connectivity index (χ2n) is 6.08. The lowest BCUT2D eigenvalue weighted by Gasteiger charge is -2.26. The van der Waals surface area contributed by atoms with E-state index in [1.165, 1.54) is 18.3 Å². The molecule has 1 saturated heterocycles. The molecule has 0 atom stereocenters. The van der Waals surface area contributed by atoms with E-state index < -0.39 is 0 Å². The van der Waals surface area contributed by atoms with E-state index >= 15 is 0 Å².